The van der Waals surface area contributed by atoms with E-state index in [2.05, 4.69) is 14.9 Å². The number of anilines is 1. The maximum atomic E-state index is 13.3. The molecule has 0 bridgehead atoms. The van der Waals surface area contributed by atoms with Gasteiger partial charge in [0.05, 0.1) is 4.90 Å². The van der Waals surface area contributed by atoms with Crippen LogP contribution in [0.2, 0.25) is 0 Å². The summed E-state index contributed by atoms with van der Waals surface area (Å²) in [6.45, 7) is 6.37. The molecule has 0 N–H and O–H groups in total. The van der Waals surface area contributed by atoms with Crippen LogP contribution < -0.4 is 4.90 Å². The topological polar surface area (TPSA) is 83.5 Å². The van der Waals surface area contributed by atoms with Gasteiger partial charge < -0.3 is 9.80 Å². The van der Waals surface area contributed by atoms with Gasteiger partial charge in [-0.05, 0) is 75.8 Å². The number of nitrogens with zero attached hydrogens (tertiary/aromatic N) is 4. The van der Waals surface area contributed by atoms with Gasteiger partial charge in [0.1, 0.15) is 0 Å². The number of hydrogen-bond acceptors (Lipinski definition) is 6. The van der Waals surface area contributed by atoms with Crippen LogP contribution in [0.25, 0.3) is 0 Å². The van der Waals surface area contributed by atoms with E-state index in [1.807, 2.05) is 24.8 Å². The number of hydrogen-bond donors (Lipinski definition) is 0. The Hall–Kier alpha value is -2.48. The Balaban J connectivity index is 1.47. The van der Waals surface area contributed by atoms with E-state index in [1.165, 1.54) is 31.2 Å². The zero-order valence-corrected chi connectivity index (χ0v) is 19.2. The van der Waals surface area contributed by atoms with Crippen LogP contribution >= 0.6 is 0 Å². The lowest BCUT2D eigenvalue weighted by atomic mass is 10.0. The lowest BCUT2D eigenvalue weighted by molar-refractivity contribution is 0.0638. The first-order chi connectivity index (χ1) is 14.7. The second-order valence-electron chi connectivity index (χ2n) is 8.87. The number of piperidine rings is 1. The molecule has 2 fully saturated rings. The predicted octanol–water partition coefficient (Wildman–Crippen LogP) is 3.02. The highest BCUT2D eigenvalue weighted by molar-refractivity contribution is 7.90. The molecule has 1 aliphatic heterocycles. The highest BCUT2D eigenvalue weighted by atomic mass is 32.2. The van der Waals surface area contributed by atoms with Gasteiger partial charge in [-0.25, -0.2) is 18.4 Å². The lowest BCUT2D eigenvalue weighted by Crippen LogP contribution is -2.48. The molecule has 8 heteroatoms. The zero-order chi connectivity index (χ0) is 22.2. The van der Waals surface area contributed by atoms with Crippen LogP contribution in [0, 0.1) is 19.8 Å². The highest BCUT2D eigenvalue weighted by Gasteiger charge is 2.34. The van der Waals surface area contributed by atoms with E-state index in [4.69, 9.17) is 0 Å². The summed E-state index contributed by atoms with van der Waals surface area (Å²) in [7, 11) is -3.28. The summed E-state index contributed by atoms with van der Waals surface area (Å²) in [4.78, 5) is 27.0. The van der Waals surface area contributed by atoms with Gasteiger partial charge in [0.2, 0.25) is 5.95 Å². The Labute approximate surface area is 184 Å². The zero-order valence-electron chi connectivity index (χ0n) is 18.4. The average Bonchev–Trinajstić information content (AvgIpc) is 3.55. The minimum Gasteiger partial charge on any atom is -0.341 e. The van der Waals surface area contributed by atoms with E-state index in [-0.39, 0.29) is 16.8 Å². The van der Waals surface area contributed by atoms with Crippen molar-refractivity contribution in [3.8, 4) is 0 Å². The molecule has 1 aliphatic carbocycles. The fourth-order valence-electron chi connectivity index (χ4n) is 4.21. The summed E-state index contributed by atoms with van der Waals surface area (Å²) in [6, 6.07) is 8.47. The van der Waals surface area contributed by atoms with Gasteiger partial charge >= 0.3 is 0 Å². The van der Waals surface area contributed by atoms with Crippen molar-refractivity contribution in [2.45, 2.75) is 50.5 Å². The summed E-state index contributed by atoms with van der Waals surface area (Å²) >= 11 is 0. The number of aromatic nitrogens is 2. The van der Waals surface area contributed by atoms with E-state index >= 15 is 0 Å². The van der Waals surface area contributed by atoms with Gasteiger partial charge in [-0.15, -0.1) is 0 Å². The third kappa shape index (κ3) is 5.23. The van der Waals surface area contributed by atoms with Crippen LogP contribution in [-0.2, 0) is 9.84 Å². The number of carbonyl (C=O) groups is 1. The van der Waals surface area contributed by atoms with E-state index in [0.717, 1.165) is 49.8 Å². The van der Waals surface area contributed by atoms with Crippen LogP contribution in [0.5, 0.6) is 0 Å². The molecular formula is C23H30N4O3S. The summed E-state index contributed by atoms with van der Waals surface area (Å²) in [5.74, 6) is 1.35. The molecule has 0 spiro atoms. The Morgan fingerprint density at radius 1 is 1.03 bits per heavy atom. The third-order valence-corrected chi connectivity index (χ3v) is 7.23. The molecule has 7 nitrogen and oxygen atoms in total. The second-order valence-corrected chi connectivity index (χ2v) is 10.9. The molecule has 0 unspecified atom stereocenters. The standard InChI is InChI=1S/C23H30N4O3S/c1-16-14-17(2)25-23(24-16)26-12-10-20(11-13-26)27(15-18-4-5-18)22(28)19-6-8-21(9-7-19)31(3,29)30/h6-9,14,18,20H,4-5,10-13,15H2,1-3H3. The van der Waals surface area contributed by atoms with Crippen molar-refractivity contribution in [3.63, 3.8) is 0 Å². The van der Waals surface area contributed by atoms with Crippen molar-refractivity contribution in [2.75, 3.05) is 30.8 Å². The van der Waals surface area contributed by atoms with E-state index in [1.54, 1.807) is 12.1 Å². The van der Waals surface area contributed by atoms with Crippen LogP contribution in [0.15, 0.2) is 35.2 Å². The normalized spacial score (nSPS) is 17.6. The Bertz CT molecular complexity index is 1040. The Kier molecular flexibility index (Phi) is 6.01. The molecule has 1 saturated heterocycles. The third-order valence-electron chi connectivity index (χ3n) is 6.10. The molecule has 2 aromatic rings. The van der Waals surface area contributed by atoms with Crippen molar-refractivity contribution in [3.05, 3.63) is 47.3 Å². The number of aryl methyl sites for hydroxylation is 2. The SMILES string of the molecule is Cc1cc(C)nc(N2CCC(N(CC3CC3)C(=O)c3ccc(S(C)(=O)=O)cc3)CC2)n1. The predicted molar refractivity (Wildman–Crippen MR) is 120 cm³/mol. The van der Waals surface area contributed by atoms with E-state index in [9.17, 15) is 13.2 Å². The quantitative estimate of drug-likeness (QED) is 0.684. The summed E-state index contributed by atoms with van der Waals surface area (Å²) < 4.78 is 23.5. The number of carbonyl (C=O) groups excluding carboxylic acids is 1. The van der Waals surface area contributed by atoms with Crippen LogP contribution in [0.4, 0.5) is 5.95 Å². The van der Waals surface area contributed by atoms with Gasteiger partial charge in [-0.3, -0.25) is 4.79 Å². The molecule has 1 aromatic carbocycles. The molecular weight excluding hydrogens is 412 g/mol. The van der Waals surface area contributed by atoms with E-state index < -0.39 is 9.84 Å². The Morgan fingerprint density at radius 3 is 2.13 bits per heavy atom. The molecule has 1 amide bonds. The van der Waals surface area contributed by atoms with Crippen molar-refractivity contribution >= 4 is 21.7 Å². The lowest BCUT2D eigenvalue weighted by Gasteiger charge is -2.39. The molecule has 4 rings (SSSR count). The van der Waals surface area contributed by atoms with Gasteiger partial charge in [0.25, 0.3) is 5.91 Å². The summed E-state index contributed by atoms with van der Waals surface area (Å²) in [5.41, 5.74) is 2.48. The first-order valence-electron chi connectivity index (χ1n) is 10.9. The van der Waals surface area contributed by atoms with Crippen LogP contribution in [0.1, 0.15) is 47.4 Å². The van der Waals surface area contributed by atoms with Crippen molar-refractivity contribution in [2.24, 2.45) is 5.92 Å². The summed E-state index contributed by atoms with van der Waals surface area (Å²) in [5, 5.41) is 0. The van der Waals surface area contributed by atoms with E-state index in [0.29, 0.717) is 11.5 Å². The maximum Gasteiger partial charge on any atom is 0.254 e. The average molecular weight is 443 g/mol. The van der Waals surface area contributed by atoms with Crippen molar-refractivity contribution in [1.82, 2.24) is 14.9 Å². The number of rotatable bonds is 6. The molecule has 2 aliphatic rings. The fraction of sp³-hybridized carbons (Fsp3) is 0.522. The van der Waals surface area contributed by atoms with Crippen molar-refractivity contribution in [1.29, 1.82) is 0 Å². The molecule has 1 saturated carbocycles. The number of sulfone groups is 1. The van der Waals surface area contributed by atoms with Crippen LogP contribution in [-0.4, -0.2) is 61.1 Å². The molecule has 0 radical (unpaired) electrons. The second kappa shape index (κ2) is 8.57. The highest BCUT2D eigenvalue weighted by Crippen LogP contribution is 2.32. The Morgan fingerprint density at radius 2 is 1.61 bits per heavy atom. The minimum atomic E-state index is -3.28. The fourth-order valence-corrected chi connectivity index (χ4v) is 4.84. The van der Waals surface area contributed by atoms with Gasteiger partial charge in [-0.1, -0.05) is 0 Å². The first-order valence-corrected chi connectivity index (χ1v) is 12.8. The maximum absolute atomic E-state index is 13.3. The number of benzene rings is 1. The summed E-state index contributed by atoms with van der Waals surface area (Å²) in [6.07, 6.45) is 5.26. The van der Waals surface area contributed by atoms with Gasteiger partial charge in [-0.2, -0.15) is 0 Å². The van der Waals surface area contributed by atoms with Crippen molar-refractivity contribution < 1.29 is 13.2 Å². The first kappa shape index (κ1) is 21.7. The largest absolute Gasteiger partial charge is 0.341 e. The molecule has 0 atom stereocenters. The van der Waals surface area contributed by atoms with Crippen LogP contribution in [0.3, 0.4) is 0 Å². The van der Waals surface area contributed by atoms with Gasteiger partial charge in [0.15, 0.2) is 9.84 Å². The molecule has 2 heterocycles. The van der Waals surface area contributed by atoms with Gasteiger partial charge in [0, 0.05) is 48.9 Å². The molecule has 166 valence electrons. The monoisotopic (exact) mass is 442 g/mol. The minimum absolute atomic E-state index is 0.00643. The number of amides is 1. The molecule has 1 aromatic heterocycles. The molecule has 31 heavy (non-hydrogen) atoms. The smallest absolute Gasteiger partial charge is 0.254 e.